The number of rotatable bonds is 7. The lowest BCUT2D eigenvalue weighted by molar-refractivity contribution is -1.03. The molecule has 2 aliphatic rings. The third kappa shape index (κ3) is 5.52. The SMILES string of the molecule is CN(C(=O)CC1C(=O)NOc2cc(Cl)c(Cl)cc21)[N+]1(CCc2ccc(-c3cc[c]cc3)cc2)CCOCC1. The van der Waals surface area contributed by atoms with Crippen LogP contribution in [0.4, 0.5) is 0 Å². The highest BCUT2D eigenvalue weighted by Gasteiger charge is 2.41. The summed E-state index contributed by atoms with van der Waals surface area (Å²) in [6.07, 6.45) is 0.788. The van der Waals surface area contributed by atoms with Crippen molar-refractivity contribution in [3.8, 4) is 16.9 Å². The number of nitrogens with one attached hydrogen (secondary N) is 1. The summed E-state index contributed by atoms with van der Waals surface area (Å²) in [7, 11) is 1.82. The van der Waals surface area contributed by atoms with Gasteiger partial charge in [0.1, 0.15) is 19.6 Å². The zero-order chi connectivity index (χ0) is 26.7. The van der Waals surface area contributed by atoms with Gasteiger partial charge in [0, 0.05) is 24.5 Å². The van der Waals surface area contributed by atoms with Crippen LogP contribution in [-0.2, 0) is 20.7 Å². The monoisotopic (exact) mass is 553 g/mol. The van der Waals surface area contributed by atoms with Gasteiger partial charge in [0.15, 0.2) is 5.75 Å². The number of halogens is 2. The molecule has 5 rings (SSSR count). The molecule has 2 heterocycles. The second-order valence-corrected chi connectivity index (χ2v) is 10.5. The molecule has 1 unspecified atom stereocenters. The van der Waals surface area contributed by atoms with Gasteiger partial charge in [-0.25, -0.2) is 4.59 Å². The average Bonchev–Trinajstić information content (AvgIpc) is 2.95. The molecular weight excluding hydrogens is 525 g/mol. The molecule has 0 spiro atoms. The van der Waals surface area contributed by atoms with Gasteiger partial charge >= 0.3 is 0 Å². The van der Waals surface area contributed by atoms with Crippen molar-refractivity contribution in [2.24, 2.45) is 0 Å². The van der Waals surface area contributed by atoms with E-state index in [9.17, 15) is 9.59 Å². The molecule has 3 aromatic rings. The van der Waals surface area contributed by atoms with E-state index in [1.807, 2.05) is 31.3 Å². The van der Waals surface area contributed by atoms with Gasteiger partial charge in [-0.3, -0.25) is 9.59 Å². The summed E-state index contributed by atoms with van der Waals surface area (Å²) in [5, 5.41) is 2.40. The molecule has 0 bridgehead atoms. The lowest BCUT2D eigenvalue weighted by atomic mass is 9.92. The van der Waals surface area contributed by atoms with Crippen molar-refractivity contribution in [3.63, 3.8) is 0 Å². The Morgan fingerprint density at radius 2 is 1.71 bits per heavy atom. The Labute approximate surface area is 232 Å². The van der Waals surface area contributed by atoms with E-state index in [-0.39, 0.29) is 18.2 Å². The summed E-state index contributed by atoms with van der Waals surface area (Å²) in [5.41, 5.74) is 6.45. The van der Waals surface area contributed by atoms with Gasteiger partial charge < -0.3 is 9.57 Å². The number of benzene rings is 3. The average molecular weight is 554 g/mol. The highest BCUT2D eigenvalue weighted by atomic mass is 35.5. The zero-order valence-electron chi connectivity index (χ0n) is 21.1. The second-order valence-electron chi connectivity index (χ2n) is 9.66. The summed E-state index contributed by atoms with van der Waals surface area (Å²) in [6, 6.07) is 22.7. The Morgan fingerprint density at radius 3 is 2.42 bits per heavy atom. The number of carbonyl (C=O) groups excluding carboxylic acids is 2. The Morgan fingerprint density at radius 1 is 1.05 bits per heavy atom. The molecule has 1 saturated heterocycles. The van der Waals surface area contributed by atoms with Gasteiger partial charge in [0.25, 0.3) is 11.8 Å². The number of carbonyl (C=O) groups is 2. The summed E-state index contributed by atoms with van der Waals surface area (Å²) in [5.74, 6) is -0.857. The Balaban J connectivity index is 1.31. The first-order valence-corrected chi connectivity index (χ1v) is 13.3. The first-order valence-electron chi connectivity index (χ1n) is 12.6. The molecule has 1 atom stereocenters. The highest BCUT2D eigenvalue weighted by molar-refractivity contribution is 6.42. The van der Waals surface area contributed by atoms with Crippen molar-refractivity contribution in [2.75, 3.05) is 39.9 Å². The van der Waals surface area contributed by atoms with Crippen molar-refractivity contribution in [1.82, 2.24) is 10.5 Å². The number of morpholine rings is 1. The van der Waals surface area contributed by atoms with Crippen LogP contribution in [0.5, 0.6) is 5.75 Å². The van der Waals surface area contributed by atoms with Gasteiger partial charge in [-0.1, -0.05) is 71.7 Å². The van der Waals surface area contributed by atoms with Crippen LogP contribution in [0, 0.1) is 6.07 Å². The van der Waals surface area contributed by atoms with E-state index in [1.54, 1.807) is 17.1 Å². The molecule has 0 aromatic heterocycles. The van der Waals surface area contributed by atoms with E-state index < -0.39 is 5.92 Å². The van der Waals surface area contributed by atoms with Gasteiger partial charge in [0.2, 0.25) is 0 Å². The van der Waals surface area contributed by atoms with E-state index in [0.717, 1.165) is 24.1 Å². The Kier molecular flexibility index (Phi) is 7.91. The third-order valence-electron chi connectivity index (χ3n) is 7.51. The minimum Gasteiger partial charge on any atom is -0.379 e. The molecule has 38 heavy (non-hydrogen) atoms. The predicted molar refractivity (Wildman–Crippen MR) is 145 cm³/mol. The molecule has 7 nitrogen and oxygen atoms in total. The normalized spacial score (nSPS) is 18.2. The lowest BCUT2D eigenvalue weighted by Crippen LogP contribution is -2.66. The lowest BCUT2D eigenvalue weighted by Gasteiger charge is -2.46. The summed E-state index contributed by atoms with van der Waals surface area (Å²) < 4.78 is 6.11. The summed E-state index contributed by atoms with van der Waals surface area (Å²) >= 11 is 12.3. The van der Waals surface area contributed by atoms with Crippen LogP contribution >= 0.6 is 23.2 Å². The van der Waals surface area contributed by atoms with Crippen LogP contribution < -0.4 is 10.3 Å². The number of hydroxylamine groups is 1. The van der Waals surface area contributed by atoms with E-state index in [0.29, 0.717) is 52.3 Å². The van der Waals surface area contributed by atoms with Crippen molar-refractivity contribution in [1.29, 1.82) is 0 Å². The molecule has 0 saturated carbocycles. The molecular formula is C29H29Cl2N3O4+. The smallest absolute Gasteiger partial charge is 0.268 e. The molecule has 197 valence electrons. The first kappa shape index (κ1) is 26.5. The molecule has 3 aromatic carbocycles. The van der Waals surface area contributed by atoms with Crippen LogP contribution in [0.3, 0.4) is 0 Å². The summed E-state index contributed by atoms with van der Waals surface area (Å²) in [4.78, 5) is 31.6. The van der Waals surface area contributed by atoms with Gasteiger partial charge in [-0.2, -0.15) is 10.5 Å². The number of hydrogen-bond acceptors (Lipinski definition) is 4. The maximum Gasteiger partial charge on any atom is 0.268 e. The van der Waals surface area contributed by atoms with Crippen molar-refractivity contribution in [2.45, 2.75) is 18.8 Å². The molecule has 0 aliphatic carbocycles. The predicted octanol–water partition coefficient (Wildman–Crippen LogP) is 4.82. The molecule has 1 radical (unpaired) electrons. The van der Waals surface area contributed by atoms with Crippen LogP contribution in [0.25, 0.3) is 11.1 Å². The standard InChI is InChI=1S/C29H28Cl2N3O4/c1-33(28(35)18-24-23-17-25(30)26(31)19-27(23)38-32-29(24)36)34(13-15-37-16-14-34)12-11-20-7-9-22(10-8-20)21-5-3-2-4-6-21/h3-10,17,19,24H,11-16,18H2,1H3/p+1. The maximum atomic E-state index is 13.6. The molecule has 2 aliphatic heterocycles. The number of fused-ring (bicyclic) bond motifs is 1. The van der Waals surface area contributed by atoms with E-state index in [2.05, 4.69) is 35.8 Å². The van der Waals surface area contributed by atoms with Crippen LogP contribution in [0.1, 0.15) is 23.5 Å². The van der Waals surface area contributed by atoms with Crippen LogP contribution in [0.15, 0.2) is 60.7 Å². The molecule has 1 fully saturated rings. The van der Waals surface area contributed by atoms with Gasteiger partial charge in [-0.15, -0.1) is 0 Å². The van der Waals surface area contributed by atoms with Crippen LogP contribution in [-0.4, -0.2) is 61.3 Å². The molecule has 2 amide bonds. The zero-order valence-corrected chi connectivity index (χ0v) is 22.6. The minimum atomic E-state index is -0.729. The largest absolute Gasteiger partial charge is 0.379 e. The topological polar surface area (TPSA) is 67.9 Å². The van der Waals surface area contributed by atoms with Gasteiger partial charge in [-0.05, 0) is 28.8 Å². The Hall–Kier alpha value is -3.10. The van der Waals surface area contributed by atoms with Crippen molar-refractivity contribution < 1.29 is 23.8 Å². The summed E-state index contributed by atoms with van der Waals surface area (Å²) in [6.45, 7) is 3.23. The minimum absolute atomic E-state index is 0.0132. The third-order valence-corrected chi connectivity index (χ3v) is 8.23. The van der Waals surface area contributed by atoms with Crippen LogP contribution in [0.2, 0.25) is 10.0 Å². The first-order chi connectivity index (χ1) is 18.4. The number of ether oxygens (including phenoxy) is 1. The Bertz CT molecular complexity index is 1310. The fraction of sp³-hybridized carbons (Fsp3) is 0.310. The second kappa shape index (κ2) is 11.3. The van der Waals surface area contributed by atoms with E-state index >= 15 is 0 Å². The number of hydrogen-bond donors (Lipinski definition) is 1. The molecule has 9 heteroatoms. The highest BCUT2D eigenvalue weighted by Crippen LogP contribution is 2.38. The quantitative estimate of drug-likeness (QED) is 0.426. The van der Waals surface area contributed by atoms with E-state index in [1.165, 1.54) is 5.56 Å². The van der Waals surface area contributed by atoms with Crippen molar-refractivity contribution in [3.05, 3.63) is 87.9 Å². The van der Waals surface area contributed by atoms with Crippen molar-refractivity contribution >= 4 is 35.0 Å². The fourth-order valence-electron chi connectivity index (χ4n) is 5.11. The fourth-order valence-corrected chi connectivity index (χ4v) is 5.43. The number of amides is 2. The maximum absolute atomic E-state index is 13.6. The number of quaternary nitrogens is 1. The molecule has 1 N–H and O–H groups in total. The number of nitrogens with zero attached hydrogens (tertiary/aromatic N) is 2. The van der Waals surface area contributed by atoms with Gasteiger partial charge in [0.05, 0.1) is 36.2 Å². The van der Waals surface area contributed by atoms with E-state index in [4.69, 9.17) is 32.8 Å².